The first-order valence-electron chi connectivity index (χ1n) is 8.46. The van der Waals surface area contributed by atoms with Gasteiger partial charge in [0.1, 0.15) is 6.54 Å². The lowest BCUT2D eigenvalue weighted by atomic mass is 10.1. The molecule has 3 rings (SSSR count). The lowest BCUT2D eigenvalue weighted by Crippen LogP contribution is -2.31. The van der Waals surface area contributed by atoms with Crippen LogP contribution in [-0.4, -0.2) is 28.6 Å². The second-order valence-corrected chi connectivity index (χ2v) is 5.99. The third kappa shape index (κ3) is 4.78. The molecule has 0 aliphatic carbocycles. The van der Waals surface area contributed by atoms with Crippen molar-refractivity contribution in [1.82, 2.24) is 15.5 Å². The molecule has 0 fully saturated rings. The maximum Gasteiger partial charge on any atom is 0.326 e. The molecule has 1 heterocycles. The van der Waals surface area contributed by atoms with Gasteiger partial charge in [-0.15, -0.1) is 10.2 Å². The molecule has 0 aliphatic heterocycles. The molecule has 0 aliphatic rings. The van der Waals surface area contributed by atoms with Gasteiger partial charge in [-0.3, -0.25) is 9.59 Å². The van der Waals surface area contributed by atoms with Crippen molar-refractivity contribution in [3.05, 3.63) is 71.6 Å². The number of ether oxygens (including phenoxy) is 1. The predicted molar refractivity (Wildman–Crippen MR) is 97.8 cm³/mol. The minimum absolute atomic E-state index is 0.188. The molecule has 138 valence electrons. The van der Waals surface area contributed by atoms with Crippen LogP contribution in [0.25, 0.3) is 11.5 Å². The molecule has 1 N–H and O–H groups in total. The number of carbonyl (C=O) groups is 2. The van der Waals surface area contributed by atoms with Crippen LogP contribution in [0.3, 0.4) is 0 Å². The van der Waals surface area contributed by atoms with Crippen LogP contribution in [0.2, 0.25) is 0 Å². The van der Waals surface area contributed by atoms with Gasteiger partial charge in [0.25, 0.3) is 11.8 Å². The van der Waals surface area contributed by atoms with E-state index in [9.17, 15) is 9.59 Å². The average Bonchev–Trinajstić information content (AvgIpc) is 3.18. The van der Waals surface area contributed by atoms with Gasteiger partial charge in [-0.1, -0.05) is 35.9 Å². The van der Waals surface area contributed by atoms with Crippen LogP contribution in [0.1, 0.15) is 34.8 Å². The number of hydrogen-bond acceptors (Lipinski definition) is 6. The van der Waals surface area contributed by atoms with E-state index in [2.05, 4.69) is 15.5 Å². The lowest BCUT2D eigenvalue weighted by Gasteiger charge is -2.10. The van der Waals surface area contributed by atoms with Crippen LogP contribution in [0, 0.1) is 6.92 Å². The maximum absolute atomic E-state index is 12.0. The minimum atomic E-state index is -0.724. The SMILES string of the molecule is Cc1ccc(-c2nnc([C@@H](C)OC(=O)CNC(=O)c3ccccc3)o2)cc1. The second-order valence-electron chi connectivity index (χ2n) is 5.99. The summed E-state index contributed by atoms with van der Waals surface area (Å²) in [6.45, 7) is 3.36. The number of nitrogens with zero attached hydrogens (tertiary/aromatic N) is 2. The predicted octanol–water partition coefficient (Wildman–Crippen LogP) is 3.08. The molecule has 1 atom stereocenters. The van der Waals surface area contributed by atoms with E-state index in [1.807, 2.05) is 37.3 Å². The van der Waals surface area contributed by atoms with Gasteiger partial charge in [0.05, 0.1) is 0 Å². The van der Waals surface area contributed by atoms with Gasteiger partial charge in [-0.2, -0.15) is 0 Å². The Bertz CT molecular complexity index is 920. The summed E-state index contributed by atoms with van der Waals surface area (Å²) in [4.78, 5) is 23.9. The Morgan fingerprint density at radius 2 is 1.78 bits per heavy atom. The largest absolute Gasteiger partial charge is 0.451 e. The Morgan fingerprint density at radius 3 is 2.48 bits per heavy atom. The molecular formula is C20H19N3O4. The van der Waals surface area contributed by atoms with Crippen molar-refractivity contribution in [2.75, 3.05) is 6.54 Å². The first-order valence-corrected chi connectivity index (χ1v) is 8.46. The standard InChI is InChI=1S/C20H19N3O4/c1-13-8-10-16(11-9-13)20-23-22-19(27-20)14(2)26-17(24)12-21-18(25)15-6-4-3-5-7-15/h3-11,14H,12H2,1-2H3,(H,21,25)/t14-/m1/s1. The van der Waals surface area contributed by atoms with Crippen LogP contribution in [0.5, 0.6) is 0 Å². The molecule has 1 aromatic heterocycles. The molecule has 7 nitrogen and oxygen atoms in total. The number of aromatic nitrogens is 2. The maximum atomic E-state index is 12.0. The van der Waals surface area contributed by atoms with Crippen molar-refractivity contribution >= 4 is 11.9 Å². The molecule has 27 heavy (non-hydrogen) atoms. The number of rotatable bonds is 6. The Hall–Kier alpha value is -3.48. The van der Waals surface area contributed by atoms with Gasteiger partial charge in [0.2, 0.25) is 5.89 Å². The lowest BCUT2D eigenvalue weighted by molar-refractivity contribution is -0.148. The quantitative estimate of drug-likeness (QED) is 0.675. The number of benzene rings is 2. The normalized spacial score (nSPS) is 11.6. The van der Waals surface area contributed by atoms with Crippen molar-refractivity contribution in [3.63, 3.8) is 0 Å². The van der Waals surface area contributed by atoms with E-state index in [0.717, 1.165) is 11.1 Å². The van der Waals surface area contributed by atoms with Gasteiger partial charge in [-0.25, -0.2) is 0 Å². The van der Waals surface area contributed by atoms with Crippen LogP contribution >= 0.6 is 0 Å². The molecule has 2 aromatic carbocycles. The molecule has 7 heteroatoms. The number of amides is 1. The third-order valence-corrected chi connectivity index (χ3v) is 3.82. The summed E-state index contributed by atoms with van der Waals surface area (Å²) in [6, 6.07) is 16.3. The zero-order valence-electron chi connectivity index (χ0n) is 15.0. The fraction of sp³-hybridized carbons (Fsp3) is 0.200. The van der Waals surface area contributed by atoms with Crippen LogP contribution in [-0.2, 0) is 9.53 Å². The van der Waals surface area contributed by atoms with Gasteiger partial charge < -0.3 is 14.5 Å². The number of esters is 1. The van der Waals surface area contributed by atoms with E-state index in [4.69, 9.17) is 9.15 Å². The Morgan fingerprint density at radius 1 is 1.07 bits per heavy atom. The summed E-state index contributed by atoms with van der Waals surface area (Å²) in [5.74, 6) is -0.403. The summed E-state index contributed by atoms with van der Waals surface area (Å²) in [5.41, 5.74) is 2.38. The molecule has 0 saturated carbocycles. The number of aryl methyl sites for hydroxylation is 1. The van der Waals surface area contributed by atoms with Gasteiger partial charge >= 0.3 is 5.97 Å². The summed E-state index contributed by atoms with van der Waals surface area (Å²) < 4.78 is 10.8. The molecule has 0 bridgehead atoms. The van der Waals surface area contributed by atoms with Crippen LogP contribution in [0.4, 0.5) is 0 Å². The van der Waals surface area contributed by atoms with E-state index in [-0.39, 0.29) is 18.3 Å². The molecule has 3 aromatic rings. The van der Waals surface area contributed by atoms with Crippen molar-refractivity contribution in [3.8, 4) is 11.5 Å². The fourth-order valence-corrected chi connectivity index (χ4v) is 2.34. The second kappa shape index (κ2) is 8.27. The molecule has 0 spiro atoms. The zero-order chi connectivity index (χ0) is 19.2. The Labute approximate surface area is 156 Å². The van der Waals surface area contributed by atoms with E-state index < -0.39 is 12.1 Å². The fourth-order valence-electron chi connectivity index (χ4n) is 2.34. The summed E-state index contributed by atoms with van der Waals surface area (Å²) >= 11 is 0. The smallest absolute Gasteiger partial charge is 0.326 e. The van der Waals surface area contributed by atoms with E-state index in [1.54, 1.807) is 31.2 Å². The first kappa shape index (κ1) is 18.3. The van der Waals surface area contributed by atoms with Gasteiger partial charge in [0.15, 0.2) is 6.10 Å². The molecule has 1 amide bonds. The van der Waals surface area contributed by atoms with E-state index in [1.165, 1.54) is 0 Å². The molecule has 0 saturated heterocycles. The number of carbonyl (C=O) groups excluding carboxylic acids is 2. The Kier molecular flexibility index (Phi) is 5.61. The highest BCUT2D eigenvalue weighted by atomic mass is 16.6. The third-order valence-electron chi connectivity index (χ3n) is 3.82. The average molecular weight is 365 g/mol. The van der Waals surface area contributed by atoms with Crippen molar-refractivity contribution in [2.45, 2.75) is 20.0 Å². The Balaban J connectivity index is 1.54. The zero-order valence-corrected chi connectivity index (χ0v) is 15.0. The molecular weight excluding hydrogens is 346 g/mol. The van der Waals surface area contributed by atoms with Gasteiger partial charge in [-0.05, 0) is 38.1 Å². The van der Waals surface area contributed by atoms with Crippen molar-refractivity contribution < 1.29 is 18.7 Å². The summed E-state index contributed by atoms with van der Waals surface area (Å²) in [7, 11) is 0. The van der Waals surface area contributed by atoms with Crippen molar-refractivity contribution in [1.29, 1.82) is 0 Å². The summed E-state index contributed by atoms with van der Waals surface area (Å²) in [6.07, 6.45) is -0.724. The van der Waals surface area contributed by atoms with Crippen molar-refractivity contribution in [2.24, 2.45) is 0 Å². The minimum Gasteiger partial charge on any atom is -0.451 e. The van der Waals surface area contributed by atoms with E-state index >= 15 is 0 Å². The number of nitrogens with one attached hydrogen (secondary N) is 1. The summed E-state index contributed by atoms with van der Waals surface area (Å²) in [5, 5.41) is 10.4. The van der Waals surface area contributed by atoms with Gasteiger partial charge in [0, 0.05) is 11.1 Å². The topological polar surface area (TPSA) is 94.3 Å². The highest BCUT2D eigenvalue weighted by Crippen LogP contribution is 2.22. The van der Waals surface area contributed by atoms with Crippen LogP contribution in [0.15, 0.2) is 59.0 Å². The highest BCUT2D eigenvalue weighted by molar-refractivity contribution is 5.95. The first-order chi connectivity index (χ1) is 13.0. The van der Waals surface area contributed by atoms with E-state index in [0.29, 0.717) is 11.5 Å². The molecule has 0 unspecified atom stereocenters. The molecule has 0 radical (unpaired) electrons. The number of hydrogen-bond donors (Lipinski definition) is 1. The van der Waals surface area contributed by atoms with Crippen LogP contribution < -0.4 is 5.32 Å². The highest BCUT2D eigenvalue weighted by Gasteiger charge is 2.19. The monoisotopic (exact) mass is 365 g/mol.